The van der Waals surface area contributed by atoms with Crippen LogP contribution in [-0.2, 0) is 0 Å². The van der Waals surface area contributed by atoms with Gasteiger partial charge in [-0.15, -0.1) is 0 Å². The Balaban J connectivity index is 1.27. The summed E-state index contributed by atoms with van der Waals surface area (Å²) in [7, 11) is 0. The van der Waals surface area contributed by atoms with Crippen molar-refractivity contribution in [1.82, 2.24) is 19.5 Å². The van der Waals surface area contributed by atoms with Crippen molar-refractivity contribution in [2.45, 2.75) is 0 Å². The maximum atomic E-state index is 10.3. The Morgan fingerprint density at radius 1 is 0.290 bits per heavy atom. The third-order valence-corrected chi connectivity index (χ3v) is 12.3. The van der Waals surface area contributed by atoms with Crippen LogP contribution in [0.2, 0.25) is 0 Å². The zero-order valence-electron chi connectivity index (χ0n) is 36.7. The molecule has 0 saturated heterocycles. The molecule has 9 aromatic carbocycles. The third-order valence-electron chi connectivity index (χ3n) is 12.3. The molecule has 0 aliphatic carbocycles. The average molecular weight is 879 g/mol. The Hall–Kier alpha value is -10.3. The van der Waals surface area contributed by atoms with Crippen molar-refractivity contribution in [2.24, 2.45) is 0 Å². The standard InChI is InChI=1S/C61H34N8/c62-35-39-11-7-19-45(27-39)47-23-25-56-54(31-47)55-32-48(46-20-8-12-40(28-46)36-63)24-26-57(55)69(56)58-52(49-21-9-13-41(29-49)37-64)33-51(34-53(58)50-22-10-14-42(30-50)38-65)61-67-59(43-15-3-1-4-16-43)66-60(68-61)44-17-5-2-6-18-44/h1-34H. The lowest BCUT2D eigenvalue weighted by Gasteiger charge is -2.21. The highest BCUT2D eigenvalue weighted by atomic mass is 15.0. The van der Waals surface area contributed by atoms with Gasteiger partial charge in [-0.2, -0.15) is 21.0 Å². The summed E-state index contributed by atoms with van der Waals surface area (Å²) >= 11 is 0. The van der Waals surface area contributed by atoms with Crippen molar-refractivity contribution >= 4 is 21.8 Å². The van der Waals surface area contributed by atoms with Crippen LogP contribution in [0.3, 0.4) is 0 Å². The predicted octanol–water partition coefficient (Wildman–Crippen LogP) is 14.1. The molecular weight excluding hydrogens is 845 g/mol. The Morgan fingerprint density at radius 2 is 0.623 bits per heavy atom. The van der Waals surface area contributed by atoms with Gasteiger partial charge < -0.3 is 4.57 Å². The Labute approximate surface area is 397 Å². The van der Waals surface area contributed by atoms with Crippen LogP contribution in [0, 0.1) is 45.3 Å². The van der Waals surface area contributed by atoms with E-state index in [4.69, 9.17) is 15.0 Å². The van der Waals surface area contributed by atoms with Gasteiger partial charge >= 0.3 is 0 Å². The number of hydrogen-bond donors (Lipinski definition) is 0. The van der Waals surface area contributed by atoms with E-state index in [0.29, 0.717) is 45.3 Å². The molecular formula is C61H34N8. The SMILES string of the molecule is N#Cc1cccc(-c2ccc3c(c2)c2cc(-c4cccc(C#N)c4)ccc2n3-c2c(-c3cccc(C#N)c3)cc(-c3nc(-c4ccccc4)nc(-c4ccccc4)n3)cc2-c2cccc(C#N)c2)c1. The van der Waals surface area contributed by atoms with Crippen LogP contribution in [0.4, 0.5) is 0 Å². The van der Waals surface area contributed by atoms with E-state index in [9.17, 15) is 21.0 Å². The third kappa shape index (κ3) is 7.79. The Kier molecular flexibility index (Phi) is 10.6. The van der Waals surface area contributed by atoms with Gasteiger partial charge in [-0.1, -0.05) is 121 Å². The minimum atomic E-state index is 0.445. The van der Waals surface area contributed by atoms with Crippen molar-refractivity contribution in [3.63, 3.8) is 0 Å². The summed E-state index contributed by atoms with van der Waals surface area (Å²) in [6.45, 7) is 0. The van der Waals surface area contributed by atoms with Gasteiger partial charge in [-0.3, -0.25) is 0 Å². The van der Waals surface area contributed by atoms with E-state index in [0.717, 1.165) is 83.1 Å². The number of fused-ring (bicyclic) bond motifs is 3. The number of nitrogens with zero attached hydrogens (tertiary/aromatic N) is 8. The zero-order valence-corrected chi connectivity index (χ0v) is 36.7. The molecule has 0 N–H and O–H groups in total. The summed E-state index contributed by atoms with van der Waals surface area (Å²) in [5.41, 5.74) is 13.9. The second-order valence-corrected chi connectivity index (χ2v) is 16.5. The molecule has 0 spiro atoms. The van der Waals surface area contributed by atoms with Crippen LogP contribution < -0.4 is 0 Å². The summed E-state index contributed by atoms with van der Waals surface area (Å²) in [6.07, 6.45) is 0. The highest BCUT2D eigenvalue weighted by Crippen LogP contribution is 2.45. The van der Waals surface area contributed by atoms with Gasteiger partial charge in [0.25, 0.3) is 0 Å². The first kappa shape index (κ1) is 41.5. The van der Waals surface area contributed by atoms with Gasteiger partial charge in [0.2, 0.25) is 0 Å². The average Bonchev–Trinajstić information content (AvgIpc) is 3.75. The molecule has 0 radical (unpaired) electrons. The molecule has 0 aliphatic rings. The quantitative estimate of drug-likeness (QED) is 0.148. The molecule has 0 aliphatic heterocycles. The first-order valence-electron chi connectivity index (χ1n) is 22.1. The smallest absolute Gasteiger partial charge is 0.164 e. The van der Waals surface area contributed by atoms with Crippen LogP contribution >= 0.6 is 0 Å². The highest BCUT2D eigenvalue weighted by Gasteiger charge is 2.24. The van der Waals surface area contributed by atoms with E-state index >= 15 is 0 Å². The lowest BCUT2D eigenvalue weighted by molar-refractivity contribution is 1.07. The van der Waals surface area contributed by atoms with Gasteiger partial charge in [0.1, 0.15) is 0 Å². The topological polar surface area (TPSA) is 139 Å². The largest absolute Gasteiger partial charge is 0.308 e. The minimum absolute atomic E-state index is 0.445. The zero-order chi connectivity index (χ0) is 46.8. The molecule has 318 valence electrons. The normalized spacial score (nSPS) is 10.8. The lowest BCUT2D eigenvalue weighted by Crippen LogP contribution is -2.04. The molecule has 0 bridgehead atoms. The second-order valence-electron chi connectivity index (χ2n) is 16.5. The van der Waals surface area contributed by atoms with Crippen molar-refractivity contribution in [3.05, 3.63) is 229 Å². The predicted molar refractivity (Wildman–Crippen MR) is 271 cm³/mol. The van der Waals surface area contributed by atoms with Gasteiger partial charge in [-0.25, -0.2) is 15.0 Å². The van der Waals surface area contributed by atoms with Gasteiger partial charge in [0.05, 0.1) is 63.3 Å². The molecule has 2 heterocycles. The van der Waals surface area contributed by atoms with Crippen LogP contribution in [0.25, 0.3) is 106 Å². The summed E-state index contributed by atoms with van der Waals surface area (Å²) in [4.78, 5) is 15.3. The fourth-order valence-electron chi connectivity index (χ4n) is 9.05. The summed E-state index contributed by atoms with van der Waals surface area (Å²) < 4.78 is 2.26. The van der Waals surface area contributed by atoms with Gasteiger partial charge in [0.15, 0.2) is 17.5 Å². The van der Waals surface area contributed by atoms with E-state index in [2.05, 4.69) is 77.4 Å². The van der Waals surface area contributed by atoms with Crippen molar-refractivity contribution in [1.29, 1.82) is 21.0 Å². The molecule has 0 amide bonds. The minimum Gasteiger partial charge on any atom is -0.308 e. The highest BCUT2D eigenvalue weighted by molar-refractivity contribution is 6.13. The van der Waals surface area contributed by atoms with E-state index < -0.39 is 0 Å². The molecule has 2 aromatic heterocycles. The summed E-state index contributed by atoms with van der Waals surface area (Å²) in [5, 5.41) is 42.2. The Bertz CT molecular complexity index is 3760. The van der Waals surface area contributed by atoms with Crippen LogP contribution in [0.5, 0.6) is 0 Å². The van der Waals surface area contributed by atoms with Crippen molar-refractivity contribution < 1.29 is 0 Å². The molecule has 0 saturated carbocycles. The van der Waals surface area contributed by atoms with E-state index in [-0.39, 0.29) is 0 Å². The first-order chi connectivity index (χ1) is 34.0. The number of rotatable bonds is 8. The molecule has 69 heavy (non-hydrogen) atoms. The van der Waals surface area contributed by atoms with Crippen LogP contribution in [-0.4, -0.2) is 19.5 Å². The van der Waals surface area contributed by atoms with Crippen LogP contribution in [0.1, 0.15) is 22.3 Å². The molecule has 11 rings (SSSR count). The molecule has 11 aromatic rings. The molecule has 8 heteroatoms. The molecule has 0 unspecified atom stereocenters. The van der Waals surface area contributed by atoms with E-state index in [1.807, 2.05) is 133 Å². The fourth-order valence-corrected chi connectivity index (χ4v) is 9.05. The number of nitriles is 4. The van der Waals surface area contributed by atoms with Gasteiger partial charge in [0, 0.05) is 38.6 Å². The molecule has 0 atom stereocenters. The summed E-state index contributed by atoms with van der Waals surface area (Å²) in [6, 6.07) is 76.2. The lowest BCUT2D eigenvalue weighted by atomic mass is 9.91. The maximum Gasteiger partial charge on any atom is 0.164 e. The number of hydrogen-bond acceptors (Lipinski definition) is 7. The first-order valence-corrected chi connectivity index (χ1v) is 22.1. The number of aromatic nitrogens is 4. The Morgan fingerprint density at radius 3 is 1.01 bits per heavy atom. The van der Waals surface area contributed by atoms with Crippen LogP contribution in [0.15, 0.2) is 206 Å². The molecule has 0 fully saturated rings. The number of benzene rings is 9. The van der Waals surface area contributed by atoms with Gasteiger partial charge in [-0.05, 0) is 118 Å². The van der Waals surface area contributed by atoms with Crippen molar-refractivity contribution in [3.8, 4) is 109 Å². The van der Waals surface area contributed by atoms with E-state index in [1.165, 1.54) is 0 Å². The second kappa shape index (κ2) is 17.6. The monoisotopic (exact) mass is 878 g/mol. The fraction of sp³-hybridized carbons (Fsp3) is 0. The maximum absolute atomic E-state index is 10.3. The summed E-state index contributed by atoms with van der Waals surface area (Å²) in [5.74, 6) is 1.47. The van der Waals surface area contributed by atoms with Crippen molar-refractivity contribution in [2.75, 3.05) is 0 Å². The molecule has 8 nitrogen and oxygen atoms in total. The van der Waals surface area contributed by atoms with E-state index in [1.54, 1.807) is 24.3 Å².